The Labute approximate surface area is 125 Å². The van der Waals surface area contributed by atoms with E-state index in [1.165, 1.54) is 18.9 Å². The van der Waals surface area contributed by atoms with E-state index in [0.29, 0.717) is 5.56 Å². The third-order valence-corrected chi connectivity index (χ3v) is 3.21. The summed E-state index contributed by atoms with van der Waals surface area (Å²) in [6, 6.07) is 7.04. The number of nitrogens with one attached hydrogen (secondary N) is 1. The summed E-state index contributed by atoms with van der Waals surface area (Å²) in [5.41, 5.74) is 1.34. The van der Waals surface area contributed by atoms with Gasteiger partial charge in [-0.1, -0.05) is 38.3 Å². The molecule has 0 aliphatic carbocycles. The van der Waals surface area contributed by atoms with E-state index in [4.69, 9.17) is 5.11 Å². The number of benzene rings is 1. The number of carboxylic acids is 1. The quantitative estimate of drug-likeness (QED) is 0.568. The molecule has 1 amide bonds. The molecule has 1 atom stereocenters. The van der Waals surface area contributed by atoms with E-state index in [-0.39, 0.29) is 11.9 Å². The summed E-state index contributed by atoms with van der Waals surface area (Å²) >= 11 is 0. The van der Waals surface area contributed by atoms with Crippen molar-refractivity contribution in [2.24, 2.45) is 0 Å². The molecule has 0 aromatic heterocycles. The van der Waals surface area contributed by atoms with Gasteiger partial charge in [0.1, 0.15) is 0 Å². The zero-order valence-corrected chi connectivity index (χ0v) is 12.6. The number of hydrogen-bond donors (Lipinski definition) is 2. The van der Waals surface area contributed by atoms with Crippen molar-refractivity contribution in [1.29, 1.82) is 0 Å². The van der Waals surface area contributed by atoms with E-state index >= 15 is 0 Å². The van der Waals surface area contributed by atoms with Gasteiger partial charge in [-0.2, -0.15) is 0 Å². The molecule has 4 heteroatoms. The minimum atomic E-state index is -0.988. The molecule has 0 heterocycles. The summed E-state index contributed by atoms with van der Waals surface area (Å²) in [6.45, 7) is 4.17. The first-order chi connectivity index (χ1) is 10.0. The van der Waals surface area contributed by atoms with Crippen molar-refractivity contribution < 1.29 is 14.7 Å². The Morgan fingerprint density at radius 2 is 1.90 bits per heavy atom. The Morgan fingerprint density at radius 3 is 2.48 bits per heavy atom. The van der Waals surface area contributed by atoms with Gasteiger partial charge in [-0.05, 0) is 37.1 Å². The first-order valence-corrected chi connectivity index (χ1v) is 7.35. The van der Waals surface area contributed by atoms with Crippen molar-refractivity contribution >= 4 is 18.0 Å². The third-order valence-electron chi connectivity index (χ3n) is 3.21. The van der Waals surface area contributed by atoms with Gasteiger partial charge in [0.25, 0.3) is 5.91 Å². The molecule has 0 saturated heterocycles. The summed E-state index contributed by atoms with van der Waals surface area (Å²) in [5.74, 6) is -1.08. The van der Waals surface area contributed by atoms with Crippen molar-refractivity contribution in [1.82, 2.24) is 5.32 Å². The summed E-state index contributed by atoms with van der Waals surface area (Å²) in [4.78, 5) is 22.5. The van der Waals surface area contributed by atoms with Gasteiger partial charge in [-0.25, -0.2) is 4.79 Å². The Kier molecular flexibility index (Phi) is 7.23. The Hall–Kier alpha value is -2.10. The predicted octanol–water partition coefficient (Wildman–Crippen LogP) is 3.48. The molecule has 0 saturated carbocycles. The van der Waals surface area contributed by atoms with Gasteiger partial charge in [0, 0.05) is 17.7 Å². The fourth-order valence-electron chi connectivity index (χ4n) is 1.99. The molecule has 0 radical (unpaired) electrons. The highest BCUT2D eigenvalue weighted by atomic mass is 16.4. The first-order valence-electron chi connectivity index (χ1n) is 7.35. The molecule has 1 unspecified atom stereocenters. The number of aliphatic carboxylic acids is 1. The number of carboxylic acid groups (broad SMARTS) is 1. The maximum absolute atomic E-state index is 12.0. The number of unbranched alkanes of at least 4 members (excludes halogenated alkanes) is 2. The van der Waals surface area contributed by atoms with Gasteiger partial charge >= 0.3 is 5.97 Å². The highest BCUT2D eigenvalue weighted by Gasteiger charge is 2.09. The molecule has 1 rings (SSSR count). The van der Waals surface area contributed by atoms with Crippen molar-refractivity contribution in [2.45, 2.75) is 45.6 Å². The Bertz CT molecular complexity index is 491. The van der Waals surface area contributed by atoms with Crippen molar-refractivity contribution in [3.63, 3.8) is 0 Å². The summed E-state index contributed by atoms with van der Waals surface area (Å²) in [7, 11) is 0. The van der Waals surface area contributed by atoms with E-state index in [0.717, 1.165) is 24.5 Å². The highest BCUT2D eigenvalue weighted by Crippen LogP contribution is 2.08. The number of carbonyl (C=O) groups is 2. The molecular weight excluding hydrogens is 266 g/mol. The topological polar surface area (TPSA) is 66.4 Å². The summed E-state index contributed by atoms with van der Waals surface area (Å²) in [6.07, 6.45) is 7.04. The number of amides is 1. The van der Waals surface area contributed by atoms with Gasteiger partial charge < -0.3 is 10.4 Å². The predicted molar refractivity (Wildman–Crippen MR) is 84.2 cm³/mol. The van der Waals surface area contributed by atoms with Crippen LogP contribution in [0.25, 0.3) is 6.08 Å². The molecule has 0 bridgehead atoms. The lowest BCUT2D eigenvalue weighted by Gasteiger charge is -2.13. The van der Waals surface area contributed by atoms with Crippen LogP contribution in [0.3, 0.4) is 0 Å². The minimum Gasteiger partial charge on any atom is -0.478 e. The zero-order valence-electron chi connectivity index (χ0n) is 12.6. The molecular formula is C17H23NO3. The average Bonchev–Trinajstić information content (AvgIpc) is 2.45. The third kappa shape index (κ3) is 6.75. The molecule has 0 spiro atoms. The first kappa shape index (κ1) is 17.0. The second kappa shape index (κ2) is 8.95. The van der Waals surface area contributed by atoms with Crippen LogP contribution in [-0.2, 0) is 4.79 Å². The lowest BCUT2D eigenvalue weighted by atomic mass is 10.1. The van der Waals surface area contributed by atoms with Crippen LogP contribution in [0, 0.1) is 0 Å². The van der Waals surface area contributed by atoms with Crippen LogP contribution < -0.4 is 5.32 Å². The smallest absolute Gasteiger partial charge is 0.328 e. The van der Waals surface area contributed by atoms with Crippen molar-refractivity contribution in [2.75, 3.05) is 0 Å². The van der Waals surface area contributed by atoms with Crippen LogP contribution in [-0.4, -0.2) is 23.0 Å². The highest BCUT2D eigenvalue weighted by molar-refractivity contribution is 5.94. The van der Waals surface area contributed by atoms with E-state index < -0.39 is 5.97 Å². The molecule has 2 N–H and O–H groups in total. The minimum absolute atomic E-state index is 0.0900. The van der Waals surface area contributed by atoms with E-state index in [1.54, 1.807) is 24.3 Å². The standard InChI is InChI=1S/C17H23NO3/c1-3-4-5-6-13(2)18-17(21)15-10-7-14(8-11-15)9-12-16(19)20/h7-13H,3-6H2,1-2H3,(H,18,21)(H,19,20). The Morgan fingerprint density at radius 1 is 1.24 bits per heavy atom. The van der Waals surface area contributed by atoms with E-state index in [2.05, 4.69) is 12.2 Å². The fourth-order valence-corrected chi connectivity index (χ4v) is 1.99. The van der Waals surface area contributed by atoms with Crippen molar-refractivity contribution in [3.05, 3.63) is 41.5 Å². The van der Waals surface area contributed by atoms with E-state index in [1.807, 2.05) is 6.92 Å². The van der Waals surface area contributed by atoms with Gasteiger partial charge in [0.2, 0.25) is 0 Å². The molecule has 1 aromatic rings. The maximum Gasteiger partial charge on any atom is 0.328 e. The largest absolute Gasteiger partial charge is 0.478 e. The summed E-state index contributed by atoms with van der Waals surface area (Å²) < 4.78 is 0. The lowest BCUT2D eigenvalue weighted by molar-refractivity contribution is -0.131. The second-order valence-corrected chi connectivity index (χ2v) is 5.16. The van der Waals surface area contributed by atoms with Crippen LogP contribution in [0.1, 0.15) is 55.5 Å². The fraction of sp³-hybridized carbons (Fsp3) is 0.412. The van der Waals surface area contributed by atoms with E-state index in [9.17, 15) is 9.59 Å². The number of rotatable bonds is 8. The molecule has 0 fully saturated rings. The molecule has 0 aliphatic rings. The second-order valence-electron chi connectivity index (χ2n) is 5.16. The number of carbonyl (C=O) groups excluding carboxylic acids is 1. The molecule has 4 nitrogen and oxygen atoms in total. The van der Waals surface area contributed by atoms with Gasteiger partial charge in [0.15, 0.2) is 0 Å². The lowest BCUT2D eigenvalue weighted by Crippen LogP contribution is -2.32. The van der Waals surface area contributed by atoms with Crippen molar-refractivity contribution in [3.8, 4) is 0 Å². The summed E-state index contributed by atoms with van der Waals surface area (Å²) in [5, 5.41) is 11.5. The van der Waals surface area contributed by atoms with Crippen LogP contribution in [0.4, 0.5) is 0 Å². The SMILES string of the molecule is CCCCCC(C)NC(=O)c1ccc(C=CC(=O)O)cc1. The number of hydrogen-bond acceptors (Lipinski definition) is 2. The van der Waals surface area contributed by atoms with Gasteiger partial charge in [-0.3, -0.25) is 4.79 Å². The Balaban J connectivity index is 2.53. The van der Waals surface area contributed by atoms with Gasteiger partial charge in [0.05, 0.1) is 0 Å². The molecule has 114 valence electrons. The monoisotopic (exact) mass is 289 g/mol. The maximum atomic E-state index is 12.0. The molecule has 21 heavy (non-hydrogen) atoms. The normalized spacial score (nSPS) is 12.3. The van der Waals surface area contributed by atoms with Crippen LogP contribution in [0.15, 0.2) is 30.3 Å². The van der Waals surface area contributed by atoms with Gasteiger partial charge in [-0.15, -0.1) is 0 Å². The molecule has 1 aromatic carbocycles. The zero-order chi connectivity index (χ0) is 15.7. The van der Waals surface area contributed by atoms with Crippen LogP contribution >= 0.6 is 0 Å². The average molecular weight is 289 g/mol. The van der Waals surface area contributed by atoms with Crippen LogP contribution in [0.2, 0.25) is 0 Å². The van der Waals surface area contributed by atoms with Crippen LogP contribution in [0.5, 0.6) is 0 Å². The molecule has 0 aliphatic heterocycles.